The molecule has 0 aliphatic carbocycles. The van der Waals surface area contributed by atoms with Gasteiger partial charge in [0, 0.05) is 13.1 Å². The molecule has 0 atom stereocenters. The zero-order chi connectivity index (χ0) is 4.83. The van der Waals surface area contributed by atoms with Gasteiger partial charge in [0.25, 0.3) is 0 Å². The summed E-state index contributed by atoms with van der Waals surface area (Å²) >= 11 is 7.46. The van der Waals surface area contributed by atoms with Crippen molar-refractivity contribution < 1.29 is 0 Å². The molecule has 2 N–H and O–H groups in total. The first-order valence-corrected chi connectivity index (χ1v) is 2.55. The average molecular weight is 124 g/mol. The Kier molecular flexibility index (Phi) is 6.20. The van der Waals surface area contributed by atoms with Crippen LogP contribution < -0.4 is 9.44 Å². The SMILES string of the molecule is SNCCNS. The molecule has 2 nitrogen and oxygen atoms in total. The number of nitrogens with one attached hydrogen (secondary N) is 2. The third-order valence-electron chi connectivity index (χ3n) is 0.349. The Bertz CT molecular complexity index is 21.5. The normalized spacial score (nSPS) is 9.00. The van der Waals surface area contributed by atoms with Crippen LogP contribution in [0.4, 0.5) is 0 Å². The van der Waals surface area contributed by atoms with Crippen LogP contribution in [-0.4, -0.2) is 13.1 Å². The number of thiol groups is 2. The van der Waals surface area contributed by atoms with Crippen molar-refractivity contribution >= 4 is 25.6 Å². The summed E-state index contributed by atoms with van der Waals surface area (Å²) in [5, 5.41) is 0. The van der Waals surface area contributed by atoms with E-state index in [0.29, 0.717) is 0 Å². The van der Waals surface area contributed by atoms with Gasteiger partial charge >= 0.3 is 0 Å². The van der Waals surface area contributed by atoms with E-state index in [1.807, 2.05) is 0 Å². The predicted molar refractivity (Wildman–Crippen MR) is 34.0 cm³/mol. The van der Waals surface area contributed by atoms with E-state index in [-0.39, 0.29) is 0 Å². The fraction of sp³-hybridized carbons (Fsp3) is 1.00. The second-order valence-corrected chi connectivity index (χ2v) is 1.45. The van der Waals surface area contributed by atoms with Gasteiger partial charge in [-0.2, -0.15) is 0 Å². The topological polar surface area (TPSA) is 24.1 Å². The van der Waals surface area contributed by atoms with Crippen LogP contribution in [0.25, 0.3) is 0 Å². The van der Waals surface area contributed by atoms with Crippen molar-refractivity contribution in [2.75, 3.05) is 13.1 Å². The summed E-state index contributed by atoms with van der Waals surface area (Å²) < 4.78 is 5.30. The Hall–Kier alpha value is 0.620. The highest BCUT2D eigenvalue weighted by Crippen LogP contribution is 1.60. The molecule has 0 aliphatic heterocycles. The first-order valence-electron chi connectivity index (χ1n) is 1.65. The van der Waals surface area contributed by atoms with E-state index in [1.54, 1.807) is 0 Å². The minimum absolute atomic E-state index is 0.840. The summed E-state index contributed by atoms with van der Waals surface area (Å²) in [5.41, 5.74) is 0. The van der Waals surface area contributed by atoms with E-state index in [0.717, 1.165) is 13.1 Å². The molecule has 0 saturated heterocycles. The summed E-state index contributed by atoms with van der Waals surface area (Å²) in [4.78, 5) is 0. The zero-order valence-electron chi connectivity index (χ0n) is 3.31. The Morgan fingerprint density at radius 2 is 1.33 bits per heavy atom. The lowest BCUT2D eigenvalue weighted by molar-refractivity contribution is 0.880. The van der Waals surface area contributed by atoms with Gasteiger partial charge in [0.15, 0.2) is 0 Å². The van der Waals surface area contributed by atoms with E-state index < -0.39 is 0 Å². The molecule has 0 saturated carbocycles. The molecule has 0 aromatic rings. The second-order valence-electron chi connectivity index (χ2n) is 0.816. The molecule has 0 rings (SSSR count). The van der Waals surface area contributed by atoms with Crippen molar-refractivity contribution in [2.45, 2.75) is 0 Å². The molecule has 0 aliphatic rings. The van der Waals surface area contributed by atoms with Gasteiger partial charge in [0.1, 0.15) is 0 Å². The Balaban J connectivity index is 2.34. The molecule has 0 radical (unpaired) electrons. The highest BCUT2D eigenvalue weighted by molar-refractivity contribution is 7.78. The van der Waals surface area contributed by atoms with Gasteiger partial charge in [-0.05, 0) is 0 Å². The van der Waals surface area contributed by atoms with E-state index >= 15 is 0 Å². The van der Waals surface area contributed by atoms with Crippen molar-refractivity contribution in [1.29, 1.82) is 0 Å². The van der Waals surface area contributed by atoms with Crippen molar-refractivity contribution in [1.82, 2.24) is 9.44 Å². The van der Waals surface area contributed by atoms with E-state index in [1.165, 1.54) is 0 Å². The second kappa shape index (κ2) is 5.62. The van der Waals surface area contributed by atoms with Gasteiger partial charge in [0.2, 0.25) is 0 Å². The third-order valence-corrected chi connectivity index (χ3v) is 0.796. The van der Waals surface area contributed by atoms with E-state index in [9.17, 15) is 0 Å². The van der Waals surface area contributed by atoms with E-state index in [4.69, 9.17) is 0 Å². The Morgan fingerprint density at radius 3 is 1.50 bits per heavy atom. The quantitative estimate of drug-likeness (QED) is 0.311. The van der Waals surface area contributed by atoms with Crippen LogP contribution in [0, 0.1) is 0 Å². The molecule has 6 heavy (non-hydrogen) atoms. The van der Waals surface area contributed by atoms with Gasteiger partial charge in [-0.1, -0.05) is 25.6 Å². The van der Waals surface area contributed by atoms with Crippen LogP contribution in [0.5, 0.6) is 0 Å². The average Bonchev–Trinajstić information content (AvgIpc) is 1.61. The molecule has 38 valence electrons. The van der Waals surface area contributed by atoms with E-state index in [2.05, 4.69) is 35.1 Å². The van der Waals surface area contributed by atoms with Crippen molar-refractivity contribution in [3.63, 3.8) is 0 Å². The van der Waals surface area contributed by atoms with Crippen LogP contribution in [-0.2, 0) is 0 Å². The van der Waals surface area contributed by atoms with Crippen LogP contribution in [0.3, 0.4) is 0 Å². The molecular weight excluding hydrogens is 116 g/mol. The summed E-state index contributed by atoms with van der Waals surface area (Å²) in [5.74, 6) is 0. The maximum absolute atomic E-state index is 3.73. The summed E-state index contributed by atoms with van der Waals surface area (Å²) in [6, 6.07) is 0. The van der Waals surface area contributed by atoms with Gasteiger partial charge in [-0.3, -0.25) is 9.44 Å². The van der Waals surface area contributed by atoms with Crippen molar-refractivity contribution in [3.8, 4) is 0 Å². The molecule has 0 bridgehead atoms. The molecule has 0 unspecified atom stereocenters. The standard InChI is InChI=1S/C2H8N2S2/c5-3-1-2-4-6/h3-6H,1-2H2. The van der Waals surface area contributed by atoms with Crippen LogP contribution in [0.15, 0.2) is 0 Å². The molecule has 0 aromatic carbocycles. The predicted octanol–water partition coefficient (Wildman–Crippen LogP) is -0.145. The van der Waals surface area contributed by atoms with Crippen molar-refractivity contribution in [2.24, 2.45) is 0 Å². The Labute approximate surface area is 48.8 Å². The number of rotatable bonds is 3. The maximum atomic E-state index is 3.73. The third kappa shape index (κ3) is 4.62. The minimum atomic E-state index is 0.840. The largest absolute Gasteiger partial charge is 0.266 e. The molecule has 4 heteroatoms. The van der Waals surface area contributed by atoms with Crippen LogP contribution >= 0.6 is 25.6 Å². The summed E-state index contributed by atoms with van der Waals surface area (Å²) in [6.07, 6.45) is 0. The monoisotopic (exact) mass is 124 g/mol. The molecule has 0 aromatic heterocycles. The number of hydrogen-bond acceptors (Lipinski definition) is 4. The molecule has 0 spiro atoms. The van der Waals surface area contributed by atoms with Crippen molar-refractivity contribution in [3.05, 3.63) is 0 Å². The fourth-order valence-corrected chi connectivity index (χ4v) is 0.335. The van der Waals surface area contributed by atoms with Gasteiger partial charge in [-0.25, -0.2) is 0 Å². The first kappa shape index (κ1) is 6.62. The van der Waals surface area contributed by atoms with Gasteiger partial charge in [-0.15, -0.1) is 0 Å². The van der Waals surface area contributed by atoms with Gasteiger partial charge < -0.3 is 0 Å². The lowest BCUT2D eigenvalue weighted by atomic mass is 10.7. The molecule has 0 fully saturated rings. The Morgan fingerprint density at radius 1 is 1.00 bits per heavy atom. The van der Waals surface area contributed by atoms with Crippen LogP contribution in [0.1, 0.15) is 0 Å². The van der Waals surface area contributed by atoms with Crippen LogP contribution in [0.2, 0.25) is 0 Å². The molecule has 0 heterocycles. The highest BCUT2D eigenvalue weighted by Gasteiger charge is 1.72. The molecular formula is C2H8N2S2. The lowest BCUT2D eigenvalue weighted by Crippen LogP contribution is -2.14. The maximum Gasteiger partial charge on any atom is 0.0191 e. The summed E-state index contributed by atoms with van der Waals surface area (Å²) in [7, 11) is 0. The molecule has 0 amide bonds. The smallest absolute Gasteiger partial charge is 0.0191 e. The highest BCUT2D eigenvalue weighted by atomic mass is 32.1. The summed E-state index contributed by atoms with van der Waals surface area (Å²) in [6.45, 7) is 1.68. The van der Waals surface area contributed by atoms with Gasteiger partial charge in [0.05, 0.1) is 0 Å². The lowest BCUT2D eigenvalue weighted by Gasteiger charge is -1.90. The first-order chi connectivity index (χ1) is 2.91. The fourth-order valence-electron chi connectivity index (χ4n) is 0.112. The minimum Gasteiger partial charge on any atom is -0.266 e. The number of hydrogen-bond donors (Lipinski definition) is 4. The zero-order valence-corrected chi connectivity index (χ0v) is 5.10.